The van der Waals surface area contributed by atoms with Crippen molar-refractivity contribution in [1.29, 1.82) is 0 Å². The third kappa shape index (κ3) is 2.59. The van der Waals surface area contributed by atoms with E-state index in [1.165, 1.54) is 18.2 Å². The maximum absolute atomic E-state index is 12.5. The molecule has 2 rings (SSSR count). The zero-order chi connectivity index (χ0) is 15.1. The first kappa shape index (κ1) is 15.0. The third-order valence-electron chi connectivity index (χ3n) is 3.10. The fraction of sp³-hybridized carbons (Fsp3) is 0.364. The molecule has 9 heteroatoms. The lowest BCUT2D eigenvalue weighted by molar-refractivity contribution is -0.121. The molecule has 1 heterocycles. The largest absolute Gasteiger partial charge is 0.399 e. The van der Waals surface area contributed by atoms with Crippen LogP contribution in [0.15, 0.2) is 23.1 Å². The molecule has 1 aromatic carbocycles. The second kappa shape index (κ2) is 5.21. The van der Waals surface area contributed by atoms with Gasteiger partial charge in [-0.15, -0.1) is 0 Å². The van der Waals surface area contributed by atoms with Crippen LogP contribution in [0.5, 0.6) is 0 Å². The van der Waals surface area contributed by atoms with Gasteiger partial charge in [0.2, 0.25) is 15.9 Å². The molecule has 1 amide bonds. The van der Waals surface area contributed by atoms with Gasteiger partial charge in [0.25, 0.3) is 0 Å². The van der Waals surface area contributed by atoms with Gasteiger partial charge >= 0.3 is 0 Å². The van der Waals surface area contributed by atoms with Gasteiger partial charge in [0.05, 0.1) is 11.1 Å². The molecule has 0 saturated carbocycles. The number of hydrogen-bond donors (Lipinski definition) is 3. The predicted molar refractivity (Wildman–Crippen MR) is 73.4 cm³/mol. The normalized spacial score (nSPS) is 23.9. The fourth-order valence-corrected chi connectivity index (χ4v) is 4.33. The number of rotatable bonds is 3. The van der Waals surface area contributed by atoms with Crippen LogP contribution in [-0.2, 0) is 14.8 Å². The van der Waals surface area contributed by atoms with Gasteiger partial charge in [0, 0.05) is 18.7 Å². The van der Waals surface area contributed by atoms with E-state index in [9.17, 15) is 18.3 Å². The van der Waals surface area contributed by atoms with Crippen molar-refractivity contribution in [2.45, 2.75) is 23.5 Å². The number of nitrogens with zero attached hydrogens (tertiary/aromatic N) is 1. The molecule has 7 nitrogen and oxygen atoms in total. The van der Waals surface area contributed by atoms with E-state index in [1.807, 2.05) is 0 Å². The molecule has 1 fully saturated rings. The highest BCUT2D eigenvalue weighted by atomic mass is 35.5. The van der Waals surface area contributed by atoms with E-state index in [0.29, 0.717) is 5.69 Å². The molecule has 0 aromatic heterocycles. The van der Waals surface area contributed by atoms with Crippen molar-refractivity contribution in [3.8, 4) is 0 Å². The molecule has 0 radical (unpaired) electrons. The number of nitrogen functional groups attached to an aromatic ring is 1. The molecule has 1 aromatic rings. The Morgan fingerprint density at radius 1 is 1.45 bits per heavy atom. The number of nitrogens with two attached hydrogens (primary N) is 2. The van der Waals surface area contributed by atoms with Gasteiger partial charge in [-0.3, -0.25) is 4.79 Å². The Hall–Kier alpha value is -1.35. The van der Waals surface area contributed by atoms with Gasteiger partial charge in [0.1, 0.15) is 10.9 Å². The zero-order valence-corrected chi connectivity index (χ0v) is 11.9. The van der Waals surface area contributed by atoms with E-state index in [4.69, 9.17) is 23.1 Å². The predicted octanol–water partition coefficient (Wildman–Crippen LogP) is -0.469. The summed E-state index contributed by atoms with van der Waals surface area (Å²) in [5, 5.41) is 9.53. The summed E-state index contributed by atoms with van der Waals surface area (Å²) in [6.45, 7) is -0.198. The SMILES string of the molecule is NC(=O)C1CC(O)CN1S(=O)(=O)c1ccc(N)cc1Cl. The van der Waals surface area contributed by atoms with Crippen LogP contribution in [0.2, 0.25) is 5.02 Å². The molecule has 20 heavy (non-hydrogen) atoms. The Morgan fingerprint density at radius 2 is 2.10 bits per heavy atom. The second-order valence-electron chi connectivity index (χ2n) is 4.57. The van der Waals surface area contributed by atoms with Crippen LogP contribution in [0.4, 0.5) is 5.69 Å². The number of sulfonamides is 1. The third-order valence-corrected chi connectivity index (χ3v) is 5.46. The summed E-state index contributed by atoms with van der Waals surface area (Å²) in [6, 6.07) is 2.88. The summed E-state index contributed by atoms with van der Waals surface area (Å²) in [6.07, 6.45) is -0.962. The van der Waals surface area contributed by atoms with Crippen molar-refractivity contribution in [3.63, 3.8) is 0 Å². The van der Waals surface area contributed by atoms with Crippen molar-refractivity contribution in [3.05, 3.63) is 23.2 Å². The molecule has 0 spiro atoms. The minimum absolute atomic E-state index is 0.0266. The summed E-state index contributed by atoms with van der Waals surface area (Å²) in [5.74, 6) is -0.809. The van der Waals surface area contributed by atoms with E-state index < -0.39 is 28.1 Å². The number of aliphatic hydroxyl groups excluding tert-OH is 1. The molecule has 0 bridgehead atoms. The highest BCUT2D eigenvalue weighted by Gasteiger charge is 2.43. The summed E-state index contributed by atoms with van der Waals surface area (Å²) in [5.41, 5.74) is 11.0. The summed E-state index contributed by atoms with van der Waals surface area (Å²) in [7, 11) is -4.03. The lowest BCUT2D eigenvalue weighted by Gasteiger charge is -2.22. The average molecular weight is 320 g/mol. The van der Waals surface area contributed by atoms with Crippen LogP contribution in [0.25, 0.3) is 0 Å². The van der Waals surface area contributed by atoms with Gasteiger partial charge in [-0.2, -0.15) is 4.31 Å². The van der Waals surface area contributed by atoms with E-state index in [1.54, 1.807) is 0 Å². The Bertz CT molecular complexity index is 649. The minimum atomic E-state index is -4.03. The Kier molecular flexibility index (Phi) is 3.92. The van der Waals surface area contributed by atoms with Crippen molar-refractivity contribution >= 4 is 33.2 Å². The summed E-state index contributed by atoms with van der Waals surface area (Å²) < 4.78 is 25.9. The molecule has 1 aliphatic heterocycles. The van der Waals surface area contributed by atoms with E-state index in [2.05, 4.69) is 0 Å². The van der Waals surface area contributed by atoms with Crippen LogP contribution in [-0.4, -0.2) is 42.4 Å². The molecule has 5 N–H and O–H groups in total. The van der Waals surface area contributed by atoms with Crippen LogP contribution in [0, 0.1) is 0 Å². The van der Waals surface area contributed by atoms with Crippen molar-refractivity contribution in [2.24, 2.45) is 5.73 Å². The van der Waals surface area contributed by atoms with Crippen molar-refractivity contribution in [1.82, 2.24) is 4.31 Å². The van der Waals surface area contributed by atoms with Gasteiger partial charge in [-0.05, 0) is 18.2 Å². The number of aliphatic hydroxyl groups is 1. The number of halogens is 1. The Morgan fingerprint density at radius 3 is 2.65 bits per heavy atom. The first-order chi connectivity index (χ1) is 9.23. The number of primary amides is 1. The number of benzene rings is 1. The Labute approximate surface area is 121 Å². The number of carbonyl (C=O) groups excluding carboxylic acids is 1. The molecule has 2 atom stereocenters. The van der Waals surface area contributed by atoms with Crippen LogP contribution in [0.1, 0.15) is 6.42 Å². The lowest BCUT2D eigenvalue weighted by atomic mass is 10.2. The topological polar surface area (TPSA) is 127 Å². The van der Waals surface area contributed by atoms with Gasteiger partial charge in [0.15, 0.2) is 0 Å². The van der Waals surface area contributed by atoms with E-state index in [0.717, 1.165) is 4.31 Å². The van der Waals surface area contributed by atoms with E-state index in [-0.39, 0.29) is 22.9 Å². The maximum atomic E-state index is 12.5. The molecule has 2 unspecified atom stereocenters. The first-order valence-corrected chi connectivity index (χ1v) is 7.59. The number of anilines is 1. The lowest BCUT2D eigenvalue weighted by Crippen LogP contribution is -2.43. The zero-order valence-electron chi connectivity index (χ0n) is 10.4. The smallest absolute Gasteiger partial charge is 0.245 e. The van der Waals surface area contributed by atoms with Crippen molar-refractivity contribution < 1.29 is 18.3 Å². The highest BCUT2D eigenvalue weighted by molar-refractivity contribution is 7.89. The van der Waals surface area contributed by atoms with Crippen LogP contribution in [0.3, 0.4) is 0 Å². The maximum Gasteiger partial charge on any atom is 0.245 e. The first-order valence-electron chi connectivity index (χ1n) is 5.77. The quantitative estimate of drug-likeness (QED) is 0.649. The van der Waals surface area contributed by atoms with Crippen LogP contribution >= 0.6 is 11.6 Å². The monoisotopic (exact) mass is 319 g/mol. The minimum Gasteiger partial charge on any atom is -0.399 e. The highest BCUT2D eigenvalue weighted by Crippen LogP contribution is 2.31. The van der Waals surface area contributed by atoms with E-state index >= 15 is 0 Å². The number of β-amino-alcohol motifs (C(OH)–C–C–N with tert-alkyl or cyclic N) is 1. The van der Waals surface area contributed by atoms with Gasteiger partial charge in [-0.1, -0.05) is 11.6 Å². The molecule has 0 aliphatic carbocycles. The van der Waals surface area contributed by atoms with Gasteiger partial charge < -0.3 is 16.6 Å². The van der Waals surface area contributed by atoms with Crippen LogP contribution < -0.4 is 11.5 Å². The molecule has 1 aliphatic rings. The molecular weight excluding hydrogens is 306 g/mol. The van der Waals surface area contributed by atoms with Gasteiger partial charge in [-0.25, -0.2) is 8.42 Å². The number of amides is 1. The number of hydrogen-bond acceptors (Lipinski definition) is 5. The summed E-state index contributed by atoms with van der Waals surface area (Å²) >= 11 is 5.89. The average Bonchev–Trinajstić information content (AvgIpc) is 2.71. The molecule has 1 saturated heterocycles. The Balaban J connectivity index is 2.46. The molecular formula is C11H14ClN3O4S. The molecule has 110 valence electrons. The van der Waals surface area contributed by atoms with Crippen molar-refractivity contribution in [2.75, 3.05) is 12.3 Å². The standard InChI is InChI=1S/C11H14ClN3O4S/c12-8-3-6(13)1-2-10(8)20(18,19)15-5-7(16)4-9(15)11(14)17/h1-3,7,9,16H,4-5,13H2,(H2,14,17). The summed E-state index contributed by atoms with van der Waals surface area (Å²) in [4.78, 5) is 11.2. The second-order valence-corrected chi connectivity index (χ2v) is 6.84. The fourth-order valence-electron chi connectivity index (χ4n) is 2.16. The number of carbonyl (C=O) groups is 1.